The maximum Gasteiger partial charge on any atom is 0.127 e. The molecule has 0 spiro atoms. The first-order valence-electron chi connectivity index (χ1n) is 5.24. The fourth-order valence-electron chi connectivity index (χ4n) is 1.66. The number of aliphatic hydroxyl groups is 1. The van der Waals surface area contributed by atoms with Gasteiger partial charge in [-0.2, -0.15) is 5.10 Å². The molecule has 0 amide bonds. The molecule has 2 aromatic heterocycles. The first kappa shape index (κ1) is 11.4. The highest BCUT2D eigenvalue weighted by molar-refractivity contribution is 5.43. The summed E-state index contributed by atoms with van der Waals surface area (Å²) in [6, 6.07) is 3.61. The number of nitrogen functional groups attached to an aromatic ring is 2. The van der Waals surface area contributed by atoms with Crippen LogP contribution in [0, 0.1) is 0 Å². The van der Waals surface area contributed by atoms with Gasteiger partial charge in [0.15, 0.2) is 0 Å². The maximum atomic E-state index is 10.1. The summed E-state index contributed by atoms with van der Waals surface area (Å²) in [5, 5.41) is 14.1. The van der Waals surface area contributed by atoms with E-state index in [4.69, 9.17) is 11.5 Å². The molecule has 0 aliphatic heterocycles. The Labute approximate surface area is 98.9 Å². The Morgan fingerprint density at radius 2 is 2.24 bits per heavy atom. The molecule has 2 rings (SSSR count). The van der Waals surface area contributed by atoms with Gasteiger partial charge in [0.25, 0.3) is 0 Å². The van der Waals surface area contributed by atoms with Crippen LogP contribution in [0.5, 0.6) is 0 Å². The number of nitrogens with two attached hydrogens (primary N) is 2. The van der Waals surface area contributed by atoms with E-state index in [1.165, 1.54) is 4.68 Å². The molecular formula is C11H15N5O. The first-order chi connectivity index (χ1) is 8.09. The Bertz CT molecular complexity index is 522. The summed E-state index contributed by atoms with van der Waals surface area (Å²) in [5.41, 5.74) is 12.9. The summed E-state index contributed by atoms with van der Waals surface area (Å²) in [5.74, 6) is 0.883. The third kappa shape index (κ3) is 2.21. The second-order valence-electron chi connectivity index (χ2n) is 3.88. The van der Waals surface area contributed by atoms with E-state index in [2.05, 4.69) is 10.1 Å². The van der Waals surface area contributed by atoms with Crippen molar-refractivity contribution in [1.82, 2.24) is 14.8 Å². The van der Waals surface area contributed by atoms with Crippen LogP contribution in [0.3, 0.4) is 0 Å². The summed E-state index contributed by atoms with van der Waals surface area (Å²) < 4.78 is 1.52. The van der Waals surface area contributed by atoms with Gasteiger partial charge < -0.3 is 16.6 Å². The van der Waals surface area contributed by atoms with Gasteiger partial charge in [0.1, 0.15) is 11.6 Å². The van der Waals surface area contributed by atoms with Crippen LogP contribution in [-0.2, 0) is 13.5 Å². The summed E-state index contributed by atoms with van der Waals surface area (Å²) in [7, 11) is 1.73. The van der Waals surface area contributed by atoms with Crippen LogP contribution >= 0.6 is 0 Å². The van der Waals surface area contributed by atoms with Crippen molar-refractivity contribution in [3.8, 4) is 0 Å². The molecule has 90 valence electrons. The molecule has 0 radical (unpaired) electrons. The number of aromatic nitrogens is 3. The number of nitrogens with zero attached hydrogens (tertiary/aromatic N) is 3. The lowest BCUT2D eigenvalue weighted by molar-refractivity contribution is 0.179. The van der Waals surface area contributed by atoms with E-state index < -0.39 is 6.10 Å². The normalized spacial score (nSPS) is 12.6. The van der Waals surface area contributed by atoms with Crippen LogP contribution in [0.1, 0.15) is 17.2 Å². The van der Waals surface area contributed by atoms with Crippen molar-refractivity contribution >= 4 is 11.6 Å². The van der Waals surface area contributed by atoms with Crippen LogP contribution in [0.25, 0.3) is 0 Å². The number of pyridine rings is 1. The number of rotatable bonds is 3. The highest BCUT2D eigenvalue weighted by Gasteiger charge is 2.16. The van der Waals surface area contributed by atoms with Crippen molar-refractivity contribution in [3.63, 3.8) is 0 Å². The summed E-state index contributed by atoms with van der Waals surface area (Å²) >= 11 is 0. The SMILES string of the molecule is Cn1ncc(C(O)Cc2cccnc2N)c1N. The highest BCUT2D eigenvalue weighted by atomic mass is 16.3. The predicted molar refractivity (Wildman–Crippen MR) is 64.9 cm³/mol. The van der Waals surface area contributed by atoms with E-state index in [1.807, 2.05) is 6.07 Å². The lowest BCUT2D eigenvalue weighted by Gasteiger charge is -2.11. The first-order valence-corrected chi connectivity index (χ1v) is 5.24. The number of hydrogen-bond acceptors (Lipinski definition) is 5. The Kier molecular flexibility index (Phi) is 2.97. The Balaban J connectivity index is 2.20. The van der Waals surface area contributed by atoms with Crippen molar-refractivity contribution in [3.05, 3.63) is 35.7 Å². The summed E-state index contributed by atoms with van der Waals surface area (Å²) in [6.07, 6.45) is 2.82. The fourth-order valence-corrected chi connectivity index (χ4v) is 1.66. The Morgan fingerprint density at radius 1 is 1.47 bits per heavy atom. The summed E-state index contributed by atoms with van der Waals surface area (Å²) in [4.78, 5) is 3.97. The van der Waals surface area contributed by atoms with Gasteiger partial charge in [0.05, 0.1) is 12.3 Å². The average molecular weight is 233 g/mol. The molecule has 17 heavy (non-hydrogen) atoms. The molecule has 5 N–H and O–H groups in total. The van der Waals surface area contributed by atoms with Gasteiger partial charge in [-0.3, -0.25) is 4.68 Å². The van der Waals surface area contributed by atoms with Crippen LogP contribution in [0.2, 0.25) is 0 Å². The van der Waals surface area contributed by atoms with Gasteiger partial charge in [0, 0.05) is 25.2 Å². The van der Waals surface area contributed by atoms with Crippen molar-refractivity contribution in [2.24, 2.45) is 7.05 Å². The smallest absolute Gasteiger partial charge is 0.127 e. The Morgan fingerprint density at radius 3 is 2.82 bits per heavy atom. The zero-order valence-electron chi connectivity index (χ0n) is 9.54. The molecule has 2 aromatic rings. The van der Waals surface area contributed by atoms with Gasteiger partial charge in [-0.15, -0.1) is 0 Å². The molecule has 6 nitrogen and oxygen atoms in total. The van der Waals surface area contributed by atoms with E-state index in [1.54, 1.807) is 25.5 Å². The number of hydrogen-bond donors (Lipinski definition) is 3. The van der Waals surface area contributed by atoms with Gasteiger partial charge in [-0.1, -0.05) is 6.07 Å². The van der Waals surface area contributed by atoms with Crippen molar-refractivity contribution in [2.45, 2.75) is 12.5 Å². The number of aryl methyl sites for hydroxylation is 1. The third-order valence-corrected chi connectivity index (χ3v) is 2.71. The van der Waals surface area contributed by atoms with E-state index >= 15 is 0 Å². The zero-order valence-corrected chi connectivity index (χ0v) is 9.54. The fraction of sp³-hybridized carbons (Fsp3) is 0.273. The molecule has 0 aromatic carbocycles. The van der Waals surface area contributed by atoms with Crippen molar-refractivity contribution in [1.29, 1.82) is 0 Å². The second kappa shape index (κ2) is 4.42. The predicted octanol–water partition coefficient (Wildman–Crippen LogP) is 0.256. The molecule has 0 saturated carbocycles. The standard InChI is InChI=1S/C11H15N5O/c1-16-11(13)8(6-15-16)9(17)5-7-3-2-4-14-10(7)12/h2-4,6,9,17H,5,13H2,1H3,(H2,12,14). The lowest BCUT2D eigenvalue weighted by Crippen LogP contribution is -2.07. The quantitative estimate of drug-likeness (QED) is 0.705. The average Bonchev–Trinajstić information content (AvgIpc) is 2.63. The van der Waals surface area contributed by atoms with Gasteiger partial charge in [-0.25, -0.2) is 4.98 Å². The molecule has 0 saturated heterocycles. The monoisotopic (exact) mass is 233 g/mol. The molecule has 0 bridgehead atoms. The van der Waals surface area contributed by atoms with Crippen LogP contribution in [0.15, 0.2) is 24.5 Å². The number of anilines is 2. The summed E-state index contributed by atoms with van der Waals surface area (Å²) in [6.45, 7) is 0. The van der Waals surface area contributed by atoms with Crippen LogP contribution in [0.4, 0.5) is 11.6 Å². The second-order valence-corrected chi connectivity index (χ2v) is 3.88. The molecular weight excluding hydrogens is 218 g/mol. The third-order valence-electron chi connectivity index (χ3n) is 2.71. The lowest BCUT2D eigenvalue weighted by atomic mass is 10.0. The maximum absolute atomic E-state index is 10.1. The van der Waals surface area contributed by atoms with Crippen molar-refractivity contribution in [2.75, 3.05) is 11.5 Å². The number of aliphatic hydroxyl groups excluding tert-OH is 1. The van der Waals surface area contributed by atoms with Gasteiger partial charge in [0.2, 0.25) is 0 Å². The van der Waals surface area contributed by atoms with Gasteiger partial charge in [-0.05, 0) is 11.6 Å². The van der Waals surface area contributed by atoms with Crippen LogP contribution < -0.4 is 11.5 Å². The molecule has 0 aliphatic carbocycles. The minimum absolute atomic E-state index is 0.371. The highest BCUT2D eigenvalue weighted by Crippen LogP contribution is 2.24. The molecule has 6 heteroatoms. The molecule has 0 fully saturated rings. The molecule has 1 atom stereocenters. The molecule has 0 aliphatic rings. The van der Waals surface area contributed by atoms with E-state index in [0.29, 0.717) is 23.6 Å². The topological polar surface area (TPSA) is 103 Å². The van der Waals surface area contributed by atoms with Crippen LogP contribution in [-0.4, -0.2) is 19.9 Å². The van der Waals surface area contributed by atoms with E-state index in [0.717, 1.165) is 5.56 Å². The Hall–Kier alpha value is -2.08. The van der Waals surface area contributed by atoms with Crippen molar-refractivity contribution < 1.29 is 5.11 Å². The molecule has 1 unspecified atom stereocenters. The van der Waals surface area contributed by atoms with E-state index in [9.17, 15) is 5.11 Å². The zero-order chi connectivity index (χ0) is 12.4. The van der Waals surface area contributed by atoms with E-state index in [-0.39, 0.29) is 0 Å². The molecule has 2 heterocycles. The largest absolute Gasteiger partial charge is 0.388 e. The minimum Gasteiger partial charge on any atom is -0.388 e. The van der Waals surface area contributed by atoms with Gasteiger partial charge >= 0.3 is 0 Å². The minimum atomic E-state index is -0.727.